The van der Waals surface area contributed by atoms with E-state index in [9.17, 15) is 13.6 Å². The number of carbonyl (C=O) groups excluding carboxylic acids is 1. The van der Waals surface area contributed by atoms with Crippen LogP contribution in [0.25, 0.3) is 0 Å². The fourth-order valence-corrected chi connectivity index (χ4v) is 1.38. The summed E-state index contributed by atoms with van der Waals surface area (Å²) in [5, 5.41) is 0. The number of rotatable bonds is 4. The van der Waals surface area contributed by atoms with E-state index in [-0.39, 0.29) is 5.56 Å². The van der Waals surface area contributed by atoms with Crippen molar-refractivity contribution in [1.82, 2.24) is 0 Å². The Labute approximate surface area is 81.7 Å². The van der Waals surface area contributed by atoms with Gasteiger partial charge in [0.1, 0.15) is 6.29 Å². The summed E-state index contributed by atoms with van der Waals surface area (Å²) in [4.78, 5) is 10.2. The molecule has 0 heterocycles. The van der Waals surface area contributed by atoms with Crippen LogP contribution in [0, 0.1) is 6.92 Å². The highest BCUT2D eigenvalue weighted by Crippen LogP contribution is 2.24. The summed E-state index contributed by atoms with van der Waals surface area (Å²) in [6.07, 6.45) is -1.02. The summed E-state index contributed by atoms with van der Waals surface area (Å²) in [5.41, 5.74) is 1.56. The van der Waals surface area contributed by atoms with Crippen molar-refractivity contribution >= 4 is 6.29 Å². The molecule has 14 heavy (non-hydrogen) atoms. The molecule has 0 unspecified atom stereocenters. The predicted molar refractivity (Wildman–Crippen MR) is 50.5 cm³/mol. The number of halogens is 2. The van der Waals surface area contributed by atoms with Crippen LogP contribution < -0.4 is 0 Å². The van der Waals surface area contributed by atoms with E-state index < -0.39 is 6.43 Å². The van der Waals surface area contributed by atoms with Crippen molar-refractivity contribution in [1.29, 1.82) is 0 Å². The van der Waals surface area contributed by atoms with E-state index in [1.807, 2.05) is 6.92 Å². The van der Waals surface area contributed by atoms with Crippen LogP contribution in [0.15, 0.2) is 18.2 Å². The second-order valence-corrected chi connectivity index (χ2v) is 3.21. The quantitative estimate of drug-likeness (QED) is 0.679. The third kappa shape index (κ3) is 2.62. The zero-order valence-corrected chi connectivity index (χ0v) is 7.97. The molecule has 0 aliphatic rings. The Hall–Kier alpha value is -1.25. The molecule has 1 aromatic rings. The number of alkyl halides is 2. The third-order valence-electron chi connectivity index (χ3n) is 2.07. The SMILES string of the molecule is Cc1ccc(C(F)F)c(CCC=O)c1. The molecule has 0 spiro atoms. The van der Waals surface area contributed by atoms with Gasteiger partial charge in [-0.05, 0) is 18.9 Å². The molecule has 0 amide bonds. The van der Waals surface area contributed by atoms with Gasteiger partial charge in [0.25, 0.3) is 6.43 Å². The Morgan fingerprint density at radius 2 is 2.14 bits per heavy atom. The summed E-state index contributed by atoms with van der Waals surface area (Å²) >= 11 is 0. The van der Waals surface area contributed by atoms with Gasteiger partial charge in [0.15, 0.2) is 0 Å². The molecule has 76 valence electrons. The van der Waals surface area contributed by atoms with Gasteiger partial charge in [-0.1, -0.05) is 23.8 Å². The minimum Gasteiger partial charge on any atom is -0.303 e. The molecule has 0 aromatic heterocycles. The fourth-order valence-electron chi connectivity index (χ4n) is 1.38. The van der Waals surface area contributed by atoms with E-state index in [2.05, 4.69) is 0 Å². The Morgan fingerprint density at radius 3 is 2.71 bits per heavy atom. The van der Waals surface area contributed by atoms with E-state index in [4.69, 9.17) is 0 Å². The van der Waals surface area contributed by atoms with Crippen LogP contribution in [0.3, 0.4) is 0 Å². The van der Waals surface area contributed by atoms with Crippen LogP contribution >= 0.6 is 0 Å². The Kier molecular flexibility index (Phi) is 3.74. The highest BCUT2D eigenvalue weighted by Gasteiger charge is 2.11. The Morgan fingerprint density at radius 1 is 1.43 bits per heavy atom. The highest BCUT2D eigenvalue weighted by molar-refractivity contribution is 5.50. The second-order valence-electron chi connectivity index (χ2n) is 3.21. The molecule has 1 rings (SSSR count). The molecule has 0 radical (unpaired) electrons. The maximum Gasteiger partial charge on any atom is 0.264 e. The first-order chi connectivity index (χ1) is 6.65. The average molecular weight is 198 g/mol. The summed E-state index contributed by atoms with van der Waals surface area (Å²) in [6, 6.07) is 4.80. The molecule has 0 atom stereocenters. The Bertz CT molecular complexity index is 321. The van der Waals surface area contributed by atoms with E-state index >= 15 is 0 Å². The molecule has 0 fully saturated rings. The fraction of sp³-hybridized carbons (Fsp3) is 0.364. The number of hydrogen-bond acceptors (Lipinski definition) is 1. The van der Waals surface area contributed by atoms with Gasteiger partial charge < -0.3 is 4.79 Å². The first kappa shape index (κ1) is 10.8. The maximum absolute atomic E-state index is 12.5. The third-order valence-corrected chi connectivity index (χ3v) is 2.07. The lowest BCUT2D eigenvalue weighted by Crippen LogP contribution is -1.96. The molecule has 0 aliphatic heterocycles. The van der Waals surface area contributed by atoms with Crippen molar-refractivity contribution in [3.63, 3.8) is 0 Å². The average Bonchev–Trinajstić information content (AvgIpc) is 2.14. The molecule has 1 nitrogen and oxygen atoms in total. The van der Waals surface area contributed by atoms with Crippen LogP contribution in [-0.2, 0) is 11.2 Å². The number of benzene rings is 1. The van der Waals surface area contributed by atoms with Crippen molar-refractivity contribution in [2.75, 3.05) is 0 Å². The van der Waals surface area contributed by atoms with Gasteiger partial charge in [0.05, 0.1) is 0 Å². The number of hydrogen-bond donors (Lipinski definition) is 0. The molecule has 0 bridgehead atoms. The first-order valence-corrected chi connectivity index (χ1v) is 4.46. The Balaban J connectivity index is 2.96. The van der Waals surface area contributed by atoms with Crippen LogP contribution in [0.2, 0.25) is 0 Å². The van der Waals surface area contributed by atoms with Crippen LogP contribution in [0.1, 0.15) is 29.5 Å². The molecule has 0 saturated heterocycles. The zero-order chi connectivity index (χ0) is 10.6. The molecule has 1 aromatic carbocycles. The highest BCUT2D eigenvalue weighted by atomic mass is 19.3. The molecular formula is C11H12F2O. The van der Waals surface area contributed by atoms with Crippen molar-refractivity contribution < 1.29 is 13.6 Å². The molecule has 0 aliphatic carbocycles. The largest absolute Gasteiger partial charge is 0.303 e. The van der Waals surface area contributed by atoms with Crippen molar-refractivity contribution in [2.24, 2.45) is 0 Å². The summed E-state index contributed by atoms with van der Waals surface area (Å²) in [6.45, 7) is 1.85. The minimum absolute atomic E-state index is 0.0393. The number of aryl methyl sites for hydroxylation is 2. The lowest BCUT2D eigenvalue weighted by molar-refractivity contribution is -0.107. The van der Waals surface area contributed by atoms with Crippen molar-refractivity contribution in [2.45, 2.75) is 26.2 Å². The van der Waals surface area contributed by atoms with Crippen LogP contribution in [0.5, 0.6) is 0 Å². The first-order valence-electron chi connectivity index (χ1n) is 4.46. The van der Waals surface area contributed by atoms with Gasteiger partial charge in [0.2, 0.25) is 0 Å². The van der Waals surface area contributed by atoms with Gasteiger partial charge in [-0.15, -0.1) is 0 Å². The minimum atomic E-state index is -2.46. The van der Waals surface area contributed by atoms with Gasteiger partial charge in [-0.2, -0.15) is 0 Å². The monoisotopic (exact) mass is 198 g/mol. The van der Waals surface area contributed by atoms with E-state index in [1.54, 1.807) is 12.1 Å². The lowest BCUT2D eigenvalue weighted by atomic mass is 10.0. The van der Waals surface area contributed by atoms with Gasteiger partial charge in [-0.3, -0.25) is 0 Å². The number of aldehydes is 1. The zero-order valence-electron chi connectivity index (χ0n) is 7.97. The summed E-state index contributed by atoms with van der Waals surface area (Å²) in [7, 11) is 0. The summed E-state index contributed by atoms with van der Waals surface area (Å²) in [5.74, 6) is 0. The van der Waals surface area contributed by atoms with Crippen LogP contribution in [0.4, 0.5) is 8.78 Å². The smallest absolute Gasteiger partial charge is 0.264 e. The normalized spacial score (nSPS) is 10.6. The molecule has 0 N–H and O–H groups in total. The molecular weight excluding hydrogens is 186 g/mol. The van der Waals surface area contributed by atoms with Gasteiger partial charge in [-0.25, -0.2) is 8.78 Å². The molecule has 0 saturated carbocycles. The van der Waals surface area contributed by atoms with E-state index in [0.717, 1.165) is 11.8 Å². The predicted octanol–water partition coefficient (Wildman–Crippen LogP) is 3.06. The van der Waals surface area contributed by atoms with Crippen molar-refractivity contribution in [3.8, 4) is 0 Å². The standard InChI is InChI=1S/C11H12F2O/c1-8-4-5-10(11(12)13)9(7-8)3-2-6-14/h4-7,11H,2-3H2,1H3. The van der Waals surface area contributed by atoms with E-state index in [0.29, 0.717) is 18.4 Å². The van der Waals surface area contributed by atoms with Crippen molar-refractivity contribution in [3.05, 3.63) is 34.9 Å². The topological polar surface area (TPSA) is 17.1 Å². The molecule has 3 heteroatoms. The van der Waals surface area contributed by atoms with Crippen LogP contribution in [-0.4, -0.2) is 6.29 Å². The second kappa shape index (κ2) is 4.84. The van der Waals surface area contributed by atoms with Gasteiger partial charge >= 0.3 is 0 Å². The van der Waals surface area contributed by atoms with E-state index in [1.165, 1.54) is 6.07 Å². The maximum atomic E-state index is 12.5. The lowest BCUT2D eigenvalue weighted by Gasteiger charge is -2.08. The summed E-state index contributed by atoms with van der Waals surface area (Å²) < 4.78 is 25.0. The number of carbonyl (C=O) groups is 1. The van der Waals surface area contributed by atoms with Gasteiger partial charge in [0, 0.05) is 12.0 Å².